The van der Waals surface area contributed by atoms with Crippen LogP contribution in [0.2, 0.25) is 0 Å². The molecule has 0 unspecified atom stereocenters. The van der Waals surface area contributed by atoms with Crippen LogP contribution in [-0.2, 0) is 5.41 Å². The van der Waals surface area contributed by atoms with Crippen LogP contribution in [0, 0.1) is 11.3 Å². The second-order valence-corrected chi connectivity index (χ2v) is 8.34. The zero-order valence-corrected chi connectivity index (χ0v) is 18.5. The van der Waals surface area contributed by atoms with E-state index in [1.165, 1.54) is 0 Å². The molecule has 2 heterocycles. The Kier molecular flexibility index (Phi) is 5.69. The van der Waals surface area contributed by atoms with E-state index in [1.807, 2.05) is 82.3 Å². The van der Waals surface area contributed by atoms with E-state index in [4.69, 9.17) is 9.57 Å². The number of anilines is 1. The molecule has 2 aromatic heterocycles. The van der Waals surface area contributed by atoms with Crippen molar-refractivity contribution in [1.82, 2.24) is 15.2 Å². The Labute approximate surface area is 187 Å². The van der Waals surface area contributed by atoms with Gasteiger partial charge in [0.05, 0.1) is 23.1 Å². The topological polar surface area (TPSA) is 95.8 Å². The Bertz CT molecular complexity index is 1270. The van der Waals surface area contributed by atoms with Gasteiger partial charge in [0, 0.05) is 17.1 Å². The molecule has 2 aromatic carbocycles. The maximum atomic E-state index is 9.28. The second-order valence-electron chi connectivity index (χ2n) is 8.34. The molecule has 4 rings (SSSR count). The predicted molar refractivity (Wildman–Crippen MR) is 124 cm³/mol. The average molecular weight is 428 g/mol. The van der Waals surface area contributed by atoms with E-state index in [0.29, 0.717) is 11.6 Å². The van der Waals surface area contributed by atoms with Crippen molar-refractivity contribution in [3.63, 3.8) is 0 Å². The number of nitrogens with one attached hydrogen (secondary N) is 2. The van der Waals surface area contributed by atoms with Gasteiger partial charge in [-0.25, -0.2) is 10.5 Å². The molecule has 0 aliphatic heterocycles. The molecule has 0 spiro atoms. The predicted octanol–water partition coefficient (Wildman–Crippen LogP) is 5.62. The van der Waals surface area contributed by atoms with Crippen molar-refractivity contribution in [2.24, 2.45) is 0 Å². The van der Waals surface area contributed by atoms with E-state index in [1.54, 1.807) is 6.20 Å². The molecule has 0 aliphatic carbocycles. The number of fused-ring (bicyclic) bond motifs is 1. The highest BCUT2D eigenvalue weighted by Gasteiger charge is 2.19. The van der Waals surface area contributed by atoms with E-state index in [2.05, 4.69) is 26.7 Å². The highest BCUT2D eigenvalue weighted by Crippen LogP contribution is 2.30. The third-order valence-electron chi connectivity index (χ3n) is 5.07. The summed E-state index contributed by atoms with van der Waals surface area (Å²) in [6.07, 6.45) is 1.80. The number of aromatic nitrogens is 3. The van der Waals surface area contributed by atoms with E-state index in [9.17, 15) is 5.26 Å². The van der Waals surface area contributed by atoms with Gasteiger partial charge in [0.15, 0.2) is 11.6 Å². The molecule has 2 N–H and O–H groups in total. The fraction of sp³-hybridized carbons (Fsp3) is 0.240. The van der Waals surface area contributed by atoms with Crippen molar-refractivity contribution < 1.29 is 9.57 Å². The summed E-state index contributed by atoms with van der Waals surface area (Å²) in [5.74, 6) is 1.97. The van der Waals surface area contributed by atoms with Gasteiger partial charge in [-0.1, -0.05) is 12.1 Å². The van der Waals surface area contributed by atoms with E-state index >= 15 is 0 Å². The molecule has 7 heteroatoms. The van der Waals surface area contributed by atoms with Crippen molar-refractivity contribution in [2.45, 2.75) is 39.2 Å². The van der Waals surface area contributed by atoms with Gasteiger partial charge >= 0.3 is 0 Å². The van der Waals surface area contributed by atoms with E-state index < -0.39 is 5.41 Å². The molecule has 7 nitrogen and oxygen atoms in total. The number of H-pyrrole nitrogens is 1. The van der Waals surface area contributed by atoms with Gasteiger partial charge in [0.1, 0.15) is 11.4 Å². The lowest BCUT2D eigenvalue weighted by molar-refractivity contribution is 0.243. The molecule has 0 radical (unpaired) electrons. The standard InChI is InChI=1S/C25H25N5O2/c1-16(2)31-20-9-10-22-21(14-20)24(29-28-22)17-11-12-27-23(13-17)30-32-19-7-5-18(6-8-19)25(3,4)15-26/h5-14,16H,1-4H3,(H,27,30)(H,28,29). The molecule has 0 bridgehead atoms. The molecule has 0 fully saturated rings. The number of nitrogens with zero attached hydrogens (tertiary/aromatic N) is 3. The quantitative estimate of drug-likeness (QED) is 0.372. The van der Waals surface area contributed by atoms with Crippen LogP contribution in [0.25, 0.3) is 22.2 Å². The molecule has 162 valence electrons. The Balaban J connectivity index is 1.52. The van der Waals surface area contributed by atoms with Crippen molar-refractivity contribution in [3.8, 4) is 28.8 Å². The fourth-order valence-corrected chi connectivity index (χ4v) is 3.31. The molecule has 0 saturated carbocycles. The van der Waals surface area contributed by atoms with Gasteiger partial charge in [-0.3, -0.25) is 5.10 Å². The summed E-state index contributed by atoms with van der Waals surface area (Å²) in [5.41, 5.74) is 5.90. The molecular formula is C25H25N5O2. The third-order valence-corrected chi connectivity index (χ3v) is 5.07. The van der Waals surface area contributed by atoms with Crippen molar-refractivity contribution >= 4 is 16.7 Å². The van der Waals surface area contributed by atoms with E-state index in [-0.39, 0.29) is 6.10 Å². The van der Waals surface area contributed by atoms with Gasteiger partial charge < -0.3 is 9.57 Å². The number of pyridine rings is 1. The molecule has 0 amide bonds. The van der Waals surface area contributed by atoms with Crippen molar-refractivity contribution in [2.75, 3.05) is 5.48 Å². The zero-order chi connectivity index (χ0) is 22.7. The lowest BCUT2D eigenvalue weighted by Crippen LogP contribution is -2.13. The number of rotatable bonds is 7. The van der Waals surface area contributed by atoms with Crippen LogP contribution in [0.1, 0.15) is 33.3 Å². The molecule has 0 saturated heterocycles. The summed E-state index contributed by atoms with van der Waals surface area (Å²) in [4.78, 5) is 10.0. The van der Waals surface area contributed by atoms with Crippen LogP contribution in [0.15, 0.2) is 60.8 Å². The highest BCUT2D eigenvalue weighted by atomic mass is 16.6. The number of aromatic amines is 1. The smallest absolute Gasteiger partial charge is 0.160 e. The van der Waals surface area contributed by atoms with Gasteiger partial charge in [-0.15, -0.1) is 0 Å². The van der Waals surface area contributed by atoms with Crippen LogP contribution in [-0.4, -0.2) is 21.3 Å². The van der Waals surface area contributed by atoms with Crippen LogP contribution in [0.4, 0.5) is 5.82 Å². The molecule has 0 atom stereocenters. The Morgan fingerprint density at radius 2 is 1.78 bits per heavy atom. The summed E-state index contributed by atoms with van der Waals surface area (Å²) >= 11 is 0. The normalized spacial score (nSPS) is 11.4. The zero-order valence-electron chi connectivity index (χ0n) is 18.5. The minimum Gasteiger partial charge on any atom is -0.491 e. The Morgan fingerprint density at radius 1 is 1.03 bits per heavy atom. The molecular weight excluding hydrogens is 402 g/mol. The first-order valence-electron chi connectivity index (χ1n) is 10.4. The summed E-state index contributed by atoms with van der Waals surface area (Å²) in [6.45, 7) is 7.76. The van der Waals surface area contributed by atoms with Crippen LogP contribution in [0.5, 0.6) is 11.5 Å². The van der Waals surface area contributed by atoms with Gasteiger partial charge in [-0.2, -0.15) is 10.4 Å². The van der Waals surface area contributed by atoms with E-state index in [0.717, 1.165) is 33.5 Å². The number of benzene rings is 2. The second kappa shape index (κ2) is 8.60. The lowest BCUT2D eigenvalue weighted by atomic mass is 9.86. The largest absolute Gasteiger partial charge is 0.491 e. The number of hydrogen-bond acceptors (Lipinski definition) is 6. The third kappa shape index (κ3) is 4.49. The highest BCUT2D eigenvalue weighted by molar-refractivity contribution is 5.94. The summed E-state index contributed by atoms with van der Waals surface area (Å²) in [5, 5.41) is 17.8. The minimum atomic E-state index is -0.547. The Morgan fingerprint density at radius 3 is 2.50 bits per heavy atom. The van der Waals surface area contributed by atoms with Gasteiger partial charge in [-0.05, 0) is 75.7 Å². The number of ether oxygens (including phenoxy) is 1. The first kappa shape index (κ1) is 21.2. The maximum Gasteiger partial charge on any atom is 0.160 e. The Hall–Kier alpha value is -4.05. The van der Waals surface area contributed by atoms with Crippen LogP contribution < -0.4 is 15.1 Å². The van der Waals surface area contributed by atoms with Gasteiger partial charge in [0.2, 0.25) is 0 Å². The maximum absolute atomic E-state index is 9.28. The van der Waals surface area contributed by atoms with Crippen LogP contribution in [0.3, 0.4) is 0 Å². The van der Waals surface area contributed by atoms with Crippen molar-refractivity contribution in [1.29, 1.82) is 5.26 Å². The van der Waals surface area contributed by atoms with Crippen molar-refractivity contribution in [3.05, 3.63) is 66.4 Å². The minimum absolute atomic E-state index is 0.0942. The first-order valence-corrected chi connectivity index (χ1v) is 10.4. The summed E-state index contributed by atoms with van der Waals surface area (Å²) < 4.78 is 5.83. The molecule has 4 aromatic rings. The average Bonchev–Trinajstić information content (AvgIpc) is 3.21. The first-order chi connectivity index (χ1) is 15.4. The molecule has 32 heavy (non-hydrogen) atoms. The van der Waals surface area contributed by atoms with Gasteiger partial charge in [0.25, 0.3) is 0 Å². The summed E-state index contributed by atoms with van der Waals surface area (Å²) in [7, 11) is 0. The molecule has 0 aliphatic rings. The lowest BCUT2D eigenvalue weighted by Gasteiger charge is -2.16. The summed E-state index contributed by atoms with van der Waals surface area (Å²) in [6, 6.07) is 19.4. The number of hydrogen-bond donors (Lipinski definition) is 2. The van der Waals surface area contributed by atoms with Crippen LogP contribution >= 0.6 is 0 Å². The number of nitriles is 1. The monoisotopic (exact) mass is 427 g/mol. The SMILES string of the molecule is CC(C)Oc1ccc2[nH]nc(-c3ccnc(NOc4ccc(C(C)(C)C#N)cc4)c3)c2c1. The fourth-order valence-electron chi connectivity index (χ4n) is 3.31.